The third kappa shape index (κ3) is 3.14. The van der Waals surface area contributed by atoms with Crippen LogP contribution in [0, 0.1) is 0 Å². The van der Waals surface area contributed by atoms with Gasteiger partial charge >= 0.3 is 0 Å². The lowest BCUT2D eigenvalue weighted by Crippen LogP contribution is -2.17. The van der Waals surface area contributed by atoms with Crippen LogP contribution in [0.1, 0.15) is 28.3 Å². The van der Waals surface area contributed by atoms with Gasteiger partial charge in [0.25, 0.3) is 0 Å². The zero-order chi connectivity index (χ0) is 13.0. The summed E-state index contributed by atoms with van der Waals surface area (Å²) in [6.07, 6.45) is 2.03. The molecule has 0 aliphatic carbocycles. The molecule has 0 fully saturated rings. The Hall–Kier alpha value is -0.830. The Morgan fingerprint density at radius 3 is 2.61 bits per heavy atom. The van der Waals surface area contributed by atoms with Gasteiger partial charge < -0.3 is 5.32 Å². The maximum atomic E-state index is 6.22. The molecule has 2 aromatic rings. The smallest absolute Gasteiger partial charge is 0.0453 e. The zero-order valence-corrected chi connectivity index (χ0v) is 12.3. The van der Waals surface area contributed by atoms with Gasteiger partial charge in [-0.3, -0.25) is 0 Å². The lowest BCUT2D eigenvalue weighted by Gasteiger charge is -2.15. The standard InChI is InChI=1S/C15H18ClNS/c1-3-12-8-9-15(18-12)14(17-2)10-11-6-4-5-7-13(11)16/h4-9,14,17H,3,10H2,1-2H3. The zero-order valence-electron chi connectivity index (χ0n) is 10.7. The number of hydrogen-bond acceptors (Lipinski definition) is 2. The van der Waals surface area contributed by atoms with Gasteiger partial charge in [-0.2, -0.15) is 0 Å². The first kappa shape index (κ1) is 13.6. The van der Waals surface area contributed by atoms with E-state index in [-0.39, 0.29) is 0 Å². The predicted octanol–water partition coefficient (Wildman–Crippen LogP) is 4.47. The SMILES string of the molecule is CCc1ccc(C(Cc2ccccc2Cl)NC)s1. The Morgan fingerprint density at radius 1 is 1.22 bits per heavy atom. The predicted molar refractivity (Wildman–Crippen MR) is 80.7 cm³/mol. The Balaban J connectivity index is 2.17. The Labute approximate surface area is 118 Å². The third-order valence-electron chi connectivity index (χ3n) is 3.10. The van der Waals surface area contributed by atoms with E-state index in [1.807, 2.05) is 36.6 Å². The van der Waals surface area contributed by atoms with Gasteiger partial charge in [0, 0.05) is 20.8 Å². The van der Waals surface area contributed by atoms with E-state index in [4.69, 9.17) is 11.6 Å². The average Bonchev–Trinajstić information content (AvgIpc) is 2.86. The van der Waals surface area contributed by atoms with Crippen molar-refractivity contribution in [2.24, 2.45) is 0 Å². The molecule has 0 saturated carbocycles. The second-order valence-corrected chi connectivity index (χ2v) is 5.90. The molecule has 96 valence electrons. The molecule has 1 unspecified atom stereocenters. The monoisotopic (exact) mass is 279 g/mol. The van der Waals surface area contributed by atoms with Gasteiger partial charge in [0.2, 0.25) is 0 Å². The van der Waals surface area contributed by atoms with Crippen molar-refractivity contribution < 1.29 is 0 Å². The number of hydrogen-bond donors (Lipinski definition) is 1. The molecule has 0 bridgehead atoms. The number of likely N-dealkylation sites (N-methyl/N-ethyl adjacent to an activating group) is 1. The quantitative estimate of drug-likeness (QED) is 0.852. The van der Waals surface area contributed by atoms with E-state index in [1.165, 1.54) is 15.3 Å². The number of thiophene rings is 1. The molecular formula is C15H18ClNS. The molecule has 0 aliphatic heterocycles. The number of halogens is 1. The van der Waals surface area contributed by atoms with Crippen LogP contribution in [0.25, 0.3) is 0 Å². The highest BCUT2D eigenvalue weighted by atomic mass is 35.5. The van der Waals surface area contributed by atoms with E-state index >= 15 is 0 Å². The van der Waals surface area contributed by atoms with E-state index < -0.39 is 0 Å². The minimum atomic E-state index is 0.343. The summed E-state index contributed by atoms with van der Waals surface area (Å²) < 4.78 is 0. The number of nitrogens with one attached hydrogen (secondary N) is 1. The maximum Gasteiger partial charge on any atom is 0.0453 e. The molecule has 0 radical (unpaired) electrons. The van der Waals surface area contributed by atoms with Gasteiger partial charge in [-0.25, -0.2) is 0 Å². The first-order valence-electron chi connectivity index (χ1n) is 6.24. The van der Waals surface area contributed by atoms with E-state index in [0.717, 1.165) is 17.9 Å². The fraction of sp³-hybridized carbons (Fsp3) is 0.333. The second-order valence-electron chi connectivity index (χ2n) is 4.29. The highest BCUT2D eigenvalue weighted by Gasteiger charge is 2.13. The molecule has 0 spiro atoms. The fourth-order valence-electron chi connectivity index (χ4n) is 2.00. The molecule has 2 rings (SSSR count). The first-order chi connectivity index (χ1) is 8.74. The highest BCUT2D eigenvalue weighted by Crippen LogP contribution is 2.28. The van der Waals surface area contributed by atoms with Crippen LogP contribution in [0.2, 0.25) is 5.02 Å². The molecule has 1 aromatic carbocycles. The third-order valence-corrected chi connectivity index (χ3v) is 4.82. The van der Waals surface area contributed by atoms with Crippen LogP contribution < -0.4 is 5.32 Å². The van der Waals surface area contributed by atoms with Gasteiger partial charge in [0.05, 0.1) is 0 Å². The van der Waals surface area contributed by atoms with Crippen molar-refractivity contribution in [1.82, 2.24) is 5.32 Å². The van der Waals surface area contributed by atoms with Crippen LogP contribution in [0.5, 0.6) is 0 Å². The van der Waals surface area contributed by atoms with Gasteiger partial charge in [0.1, 0.15) is 0 Å². The van der Waals surface area contributed by atoms with Crippen LogP contribution >= 0.6 is 22.9 Å². The molecule has 3 heteroatoms. The van der Waals surface area contributed by atoms with Gasteiger partial charge in [-0.05, 0) is 43.7 Å². The van der Waals surface area contributed by atoms with E-state index in [1.54, 1.807) is 0 Å². The molecule has 1 atom stereocenters. The van der Waals surface area contributed by atoms with Crippen molar-refractivity contribution in [2.45, 2.75) is 25.8 Å². The first-order valence-corrected chi connectivity index (χ1v) is 7.43. The highest BCUT2D eigenvalue weighted by molar-refractivity contribution is 7.12. The molecule has 0 aliphatic rings. The summed E-state index contributed by atoms with van der Waals surface area (Å²) in [6, 6.07) is 12.9. The summed E-state index contributed by atoms with van der Waals surface area (Å²) in [5, 5.41) is 4.24. The Bertz CT molecular complexity index is 507. The summed E-state index contributed by atoms with van der Waals surface area (Å²) in [5.41, 5.74) is 1.20. The van der Waals surface area contributed by atoms with Crippen LogP contribution in [-0.2, 0) is 12.8 Å². The minimum absolute atomic E-state index is 0.343. The second kappa shape index (κ2) is 6.37. The normalized spacial score (nSPS) is 12.6. The summed E-state index contributed by atoms with van der Waals surface area (Å²) in [4.78, 5) is 2.82. The summed E-state index contributed by atoms with van der Waals surface area (Å²) in [7, 11) is 2.01. The van der Waals surface area contributed by atoms with Crippen molar-refractivity contribution >= 4 is 22.9 Å². The number of benzene rings is 1. The molecule has 18 heavy (non-hydrogen) atoms. The molecule has 1 nitrogen and oxygen atoms in total. The summed E-state index contributed by atoms with van der Waals surface area (Å²) in [6.45, 7) is 2.19. The van der Waals surface area contributed by atoms with E-state index in [0.29, 0.717) is 6.04 Å². The van der Waals surface area contributed by atoms with Crippen molar-refractivity contribution in [3.8, 4) is 0 Å². The molecule has 1 aromatic heterocycles. The topological polar surface area (TPSA) is 12.0 Å². The van der Waals surface area contributed by atoms with Crippen molar-refractivity contribution in [1.29, 1.82) is 0 Å². The van der Waals surface area contributed by atoms with Gasteiger partial charge in [0.15, 0.2) is 0 Å². The molecule has 0 amide bonds. The largest absolute Gasteiger partial charge is 0.312 e. The van der Waals surface area contributed by atoms with Crippen molar-refractivity contribution in [3.63, 3.8) is 0 Å². The lowest BCUT2D eigenvalue weighted by atomic mass is 10.0. The van der Waals surface area contributed by atoms with Crippen LogP contribution in [-0.4, -0.2) is 7.05 Å². The Kier molecular flexibility index (Phi) is 4.81. The molecular weight excluding hydrogens is 262 g/mol. The lowest BCUT2D eigenvalue weighted by molar-refractivity contribution is 0.602. The van der Waals surface area contributed by atoms with E-state index in [9.17, 15) is 0 Å². The number of rotatable bonds is 5. The maximum absolute atomic E-state index is 6.22. The Morgan fingerprint density at radius 2 is 2.00 bits per heavy atom. The van der Waals surface area contributed by atoms with Gasteiger partial charge in [-0.15, -0.1) is 11.3 Å². The number of aryl methyl sites for hydroxylation is 1. The average molecular weight is 280 g/mol. The van der Waals surface area contributed by atoms with Crippen molar-refractivity contribution in [2.75, 3.05) is 7.05 Å². The van der Waals surface area contributed by atoms with Crippen LogP contribution in [0.15, 0.2) is 36.4 Å². The summed E-state index contributed by atoms with van der Waals surface area (Å²) >= 11 is 8.11. The van der Waals surface area contributed by atoms with Crippen molar-refractivity contribution in [3.05, 3.63) is 56.7 Å². The summed E-state index contributed by atoms with van der Waals surface area (Å²) in [5.74, 6) is 0. The molecule has 1 heterocycles. The van der Waals surface area contributed by atoms with Crippen LogP contribution in [0.4, 0.5) is 0 Å². The minimum Gasteiger partial charge on any atom is -0.312 e. The fourth-order valence-corrected chi connectivity index (χ4v) is 3.28. The van der Waals surface area contributed by atoms with E-state index in [2.05, 4.69) is 30.4 Å². The molecule has 0 saturated heterocycles. The van der Waals surface area contributed by atoms with Crippen LogP contribution in [0.3, 0.4) is 0 Å². The van der Waals surface area contributed by atoms with Gasteiger partial charge in [-0.1, -0.05) is 36.7 Å². The molecule has 1 N–H and O–H groups in total.